The minimum atomic E-state index is -0.585. The lowest BCUT2D eigenvalue weighted by Crippen LogP contribution is -2.47. The van der Waals surface area contributed by atoms with Crippen molar-refractivity contribution in [3.63, 3.8) is 0 Å². The van der Waals surface area contributed by atoms with Crippen LogP contribution in [-0.2, 0) is 4.79 Å². The number of hydrogen-bond donors (Lipinski definition) is 1. The van der Waals surface area contributed by atoms with Crippen LogP contribution >= 0.6 is 0 Å². The van der Waals surface area contributed by atoms with Gasteiger partial charge in [0.2, 0.25) is 5.91 Å². The molecule has 146 valence electrons. The summed E-state index contributed by atoms with van der Waals surface area (Å²) < 4.78 is 0. The second kappa shape index (κ2) is 8.33. The number of aromatic nitrogens is 3. The third kappa shape index (κ3) is 4.93. The van der Waals surface area contributed by atoms with Crippen molar-refractivity contribution in [2.45, 2.75) is 47.1 Å². The molecular weight excluding hydrogens is 342 g/mol. The molecule has 2 amide bonds. The molecule has 1 aromatic carbocycles. The van der Waals surface area contributed by atoms with E-state index in [0.717, 1.165) is 16.8 Å². The molecule has 2 aromatic rings. The Morgan fingerprint density at radius 1 is 1.15 bits per heavy atom. The normalized spacial score (nSPS) is 12.1. The highest BCUT2D eigenvalue weighted by Gasteiger charge is 2.26. The highest BCUT2D eigenvalue weighted by atomic mass is 16.2. The fourth-order valence-electron chi connectivity index (χ4n) is 2.96. The first-order valence-electron chi connectivity index (χ1n) is 9.13. The van der Waals surface area contributed by atoms with Crippen LogP contribution in [0.15, 0.2) is 18.2 Å². The van der Waals surface area contributed by atoms with Crippen LogP contribution in [0, 0.1) is 26.7 Å². The Morgan fingerprint density at radius 3 is 2.37 bits per heavy atom. The largest absolute Gasteiger partial charge is 0.347 e. The summed E-state index contributed by atoms with van der Waals surface area (Å²) in [5.74, 6) is -0.243. The molecule has 7 heteroatoms. The smallest absolute Gasteiger partial charge is 0.274 e. The van der Waals surface area contributed by atoms with Crippen LogP contribution in [0.3, 0.4) is 0 Å². The van der Waals surface area contributed by atoms with Crippen molar-refractivity contribution in [2.75, 3.05) is 14.1 Å². The molecule has 1 heterocycles. The van der Waals surface area contributed by atoms with E-state index in [2.05, 4.69) is 15.5 Å². The summed E-state index contributed by atoms with van der Waals surface area (Å²) in [6.45, 7) is 9.78. The van der Waals surface area contributed by atoms with Gasteiger partial charge in [0, 0.05) is 14.1 Å². The quantitative estimate of drug-likeness (QED) is 0.846. The zero-order chi connectivity index (χ0) is 20.3. The van der Waals surface area contributed by atoms with E-state index in [1.165, 1.54) is 9.70 Å². The van der Waals surface area contributed by atoms with Gasteiger partial charge in [-0.25, -0.2) is 0 Å². The van der Waals surface area contributed by atoms with E-state index in [-0.39, 0.29) is 23.4 Å². The lowest BCUT2D eigenvalue weighted by molar-refractivity contribution is -0.131. The molecule has 0 radical (unpaired) electrons. The maximum Gasteiger partial charge on any atom is 0.274 e. The van der Waals surface area contributed by atoms with Gasteiger partial charge in [0.15, 0.2) is 5.69 Å². The van der Waals surface area contributed by atoms with Gasteiger partial charge in [-0.05, 0) is 44.7 Å². The second-order valence-electron chi connectivity index (χ2n) is 7.60. The van der Waals surface area contributed by atoms with Gasteiger partial charge >= 0.3 is 0 Å². The molecule has 7 nitrogen and oxygen atoms in total. The first-order chi connectivity index (χ1) is 12.6. The Labute approximate surface area is 160 Å². The number of hydrogen-bond acceptors (Lipinski definition) is 4. The summed E-state index contributed by atoms with van der Waals surface area (Å²) in [4.78, 5) is 28.1. The summed E-state index contributed by atoms with van der Waals surface area (Å²) in [5.41, 5.74) is 3.75. The van der Waals surface area contributed by atoms with Crippen LogP contribution in [0.4, 0.5) is 0 Å². The highest BCUT2D eigenvalue weighted by Crippen LogP contribution is 2.16. The van der Waals surface area contributed by atoms with Crippen molar-refractivity contribution in [1.29, 1.82) is 0 Å². The summed E-state index contributed by atoms with van der Waals surface area (Å²) in [6.07, 6.45) is 0.563. The number of amides is 2. The van der Waals surface area contributed by atoms with E-state index in [0.29, 0.717) is 12.1 Å². The van der Waals surface area contributed by atoms with E-state index < -0.39 is 6.04 Å². The van der Waals surface area contributed by atoms with Gasteiger partial charge < -0.3 is 10.2 Å². The fourth-order valence-corrected chi connectivity index (χ4v) is 2.96. The van der Waals surface area contributed by atoms with E-state index in [1.54, 1.807) is 21.0 Å². The molecule has 0 aliphatic carbocycles. The molecule has 0 bridgehead atoms. The van der Waals surface area contributed by atoms with Crippen LogP contribution < -0.4 is 5.32 Å². The Bertz CT molecular complexity index is 839. The fraction of sp³-hybridized carbons (Fsp3) is 0.500. The number of likely N-dealkylation sites (N-methyl/N-ethyl adjacent to an activating group) is 1. The molecule has 1 aromatic heterocycles. The molecule has 0 fully saturated rings. The molecule has 2 rings (SSSR count). The van der Waals surface area contributed by atoms with Gasteiger partial charge in [-0.1, -0.05) is 31.5 Å². The molecule has 1 atom stereocenters. The van der Waals surface area contributed by atoms with Crippen molar-refractivity contribution in [1.82, 2.24) is 25.2 Å². The van der Waals surface area contributed by atoms with Crippen molar-refractivity contribution < 1.29 is 9.59 Å². The van der Waals surface area contributed by atoms with Crippen LogP contribution in [-0.4, -0.2) is 51.8 Å². The number of nitrogens with zero attached hydrogens (tertiary/aromatic N) is 4. The Balaban J connectivity index is 2.28. The molecule has 0 aliphatic heterocycles. The lowest BCUT2D eigenvalue weighted by Gasteiger charge is -2.22. The van der Waals surface area contributed by atoms with Gasteiger partial charge in [0.1, 0.15) is 6.04 Å². The van der Waals surface area contributed by atoms with Gasteiger partial charge in [-0.2, -0.15) is 9.90 Å². The molecule has 0 saturated heterocycles. The highest BCUT2D eigenvalue weighted by molar-refractivity contribution is 5.96. The van der Waals surface area contributed by atoms with Crippen molar-refractivity contribution in [2.24, 2.45) is 5.92 Å². The van der Waals surface area contributed by atoms with Crippen LogP contribution in [0.5, 0.6) is 0 Å². The van der Waals surface area contributed by atoms with Gasteiger partial charge in [0.25, 0.3) is 5.91 Å². The predicted octanol–water partition coefficient (Wildman–Crippen LogP) is 2.43. The molecule has 27 heavy (non-hydrogen) atoms. The number of carbonyl (C=O) groups is 2. The number of aryl methyl sites for hydroxylation is 3. The maximum absolute atomic E-state index is 12.8. The number of rotatable bonds is 6. The molecule has 0 spiro atoms. The Morgan fingerprint density at radius 2 is 1.81 bits per heavy atom. The standard InChI is InChI=1S/C20H29N5O2/c1-12(2)10-16(20(27)24(6)7)21-19(26)18-15(5)22-25(23-18)17-9-8-13(3)11-14(17)4/h8-9,11-12,16H,10H2,1-7H3,(H,21,26)/t16-/m0/s1. The lowest BCUT2D eigenvalue weighted by atomic mass is 10.0. The summed E-state index contributed by atoms with van der Waals surface area (Å²) in [7, 11) is 3.37. The van der Waals surface area contributed by atoms with Gasteiger partial charge in [-0.3, -0.25) is 9.59 Å². The molecule has 0 aliphatic rings. The SMILES string of the molecule is Cc1ccc(-n2nc(C)c(C(=O)N[C@@H](CC(C)C)C(=O)N(C)C)n2)c(C)c1. The number of nitrogens with one attached hydrogen (secondary N) is 1. The third-order valence-corrected chi connectivity index (χ3v) is 4.32. The molecule has 0 saturated carbocycles. The van der Waals surface area contributed by atoms with E-state index in [1.807, 2.05) is 45.9 Å². The minimum absolute atomic E-state index is 0.128. The summed E-state index contributed by atoms with van der Waals surface area (Å²) >= 11 is 0. The maximum atomic E-state index is 12.8. The zero-order valence-electron chi connectivity index (χ0n) is 17.2. The van der Waals surface area contributed by atoms with Gasteiger partial charge in [0.05, 0.1) is 11.4 Å². The Kier molecular flexibility index (Phi) is 6.36. The van der Waals surface area contributed by atoms with Gasteiger partial charge in [-0.15, -0.1) is 5.10 Å². The van der Waals surface area contributed by atoms with Crippen molar-refractivity contribution in [3.05, 3.63) is 40.7 Å². The molecular formula is C20H29N5O2. The van der Waals surface area contributed by atoms with Crippen molar-refractivity contribution >= 4 is 11.8 Å². The van der Waals surface area contributed by atoms with Crippen LogP contribution in [0.25, 0.3) is 5.69 Å². The van der Waals surface area contributed by atoms with E-state index in [4.69, 9.17) is 0 Å². The first-order valence-corrected chi connectivity index (χ1v) is 9.13. The van der Waals surface area contributed by atoms with Crippen LogP contribution in [0.1, 0.15) is 47.6 Å². The second-order valence-corrected chi connectivity index (χ2v) is 7.60. The topological polar surface area (TPSA) is 80.1 Å². The average molecular weight is 371 g/mol. The predicted molar refractivity (Wildman–Crippen MR) is 105 cm³/mol. The van der Waals surface area contributed by atoms with E-state index in [9.17, 15) is 9.59 Å². The molecule has 0 unspecified atom stereocenters. The number of carbonyl (C=O) groups excluding carboxylic acids is 2. The average Bonchev–Trinajstić information content (AvgIpc) is 2.94. The molecule has 1 N–H and O–H groups in total. The Hall–Kier alpha value is -2.70. The first kappa shape index (κ1) is 20.6. The number of benzene rings is 1. The third-order valence-electron chi connectivity index (χ3n) is 4.32. The minimum Gasteiger partial charge on any atom is -0.347 e. The van der Waals surface area contributed by atoms with Crippen LogP contribution in [0.2, 0.25) is 0 Å². The van der Waals surface area contributed by atoms with Crippen molar-refractivity contribution in [3.8, 4) is 5.69 Å². The van der Waals surface area contributed by atoms with E-state index >= 15 is 0 Å². The zero-order valence-corrected chi connectivity index (χ0v) is 17.2. The summed E-state index contributed by atoms with van der Waals surface area (Å²) in [6, 6.07) is 5.37. The summed E-state index contributed by atoms with van der Waals surface area (Å²) in [5, 5.41) is 11.6. The monoisotopic (exact) mass is 371 g/mol.